The second-order valence-corrected chi connectivity index (χ2v) is 7.78. The highest BCUT2D eigenvalue weighted by atomic mass is 16.5. The lowest BCUT2D eigenvalue weighted by Crippen LogP contribution is -2.45. The van der Waals surface area contributed by atoms with Crippen LogP contribution in [-0.2, 0) is 29.2 Å². The lowest BCUT2D eigenvalue weighted by atomic mass is 10.1. The molecule has 0 bridgehead atoms. The van der Waals surface area contributed by atoms with Crippen LogP contribution >= 0.6 is 0 Å². The Balaban J connectivity index is 1.58. The molecule has 0 spiro atoms. The van der Waals surface area contributed by atoms with Gasteiger partial charge in [0.2, 0.25) is 0 Å². The molecule has 0 aliphatic rings. The Morgan fingerprint density at radius 1 is 0.697 bits per heavy atom. The maximum Gasteiger partial charge on any atom is 0.122 e. The Bertz CT molecular complexity index is 914. The van der Waals surface area contributed by atoms with Crippen LogP contribution < -0.4 is 14.8 Å². The molecule has 0 saturated heterocycles. The van der Waals surface area contributed by atoms with Crippen molar-refractivity contribution in [3.63, 3.8) is 0 Å². The van der Waals surface area contributed by atoms with E-state index in [1.165, 1.54) is 0 Å². The molecule has 2 atom stereocenters. The molecule has 0 aliphatic heterocycles. The van der Waals surface area contributed by atoms with Crippen LogP contribution in [0.2, 0.25) is 0 Å². The zero-order valence-corrected chi connectivity index (χ0v) is 19.3. The topological polar surface area (TPSA) is 69.2 Å². The van der Waals surface area contributed by atoms with Gasteiger partial charge < -0.3 is 29.4 Å². The zero-order chi connectivity index (χ0) is 23.3. The summed E-state index contributed by atoms with van der Waals surface area (Å²) < 4.78 is 22.4. The molecule has 0 amide bonds. The Hall–Kier alpha value is -2.90. The van der Waals surface area contributed by atoms with Gasteiger partial charge in [0.25, 0.3) is 0 Å². The minimum absolute atomic E-state index is 0.197. The zero-order valence-electron chi connectivity index (χ0n) is 19.3. The standard InChI is InChI=1S/C27H33NO5/c1-30-24-13-23(14-25(15-24)31-2)16-28-26(19-32-17-21-9-5-3-6-10-21)27(29)20-33-18-22-11-7-4-8-12-22/h3-15,26-29H,16-20H2,1-2H3/t26-,27+/m1/s1. The molecule has 0 saturated carbocycles. The maximum absolute atomic E-state index is 10.8. The van der Waals surface area contributed by atoms with Crippen LogP contribution in [0, 0.1) is 0 Å². The fourth-order valence-corrected chi connectivity index (χ4v) is 3.39. The average molecular weight is 452 g/mol. The first kappa shape index (κ1) is 24.7. The third-order valence-electron chi connectivity index (χ3n) is 5.25. The van der Waals surface area contributed by atoms with Crippen LogP contribution in [-0.4, -0.2) is 44.7 Å². The van der Waals surface area contributed by atoms with Gasteiger partial charge in [0.15, 0.2) is 0 Å². The highest BCUT2D eigenvalue weighted by Gasteiger charge is 2.20. The summed E-state index contributed by atoms with van der Waals surface area (Å²) in [7, 11) is 3.25. The van der Waals surface area contributed by atoms with Crippen molar-refractivity contribution in [2.45, 2.75) is 31.9 Å². The Morgan fingerprint density at radius 2 is 1.21 bits per heavy atom. The molecule has 3 rings (SSSR count). The highest BCUT2D eigenvalue weighted by molar-refractivity contribution is 5.38. The van der Waals surface area contributed by atoms with Crippen molar-refractivity contribution in [3.05, 3.63) is 95.6 Å². The van der Waals surface area contributed by atoms with Crippen molar-refractivity contribution in [3.8, 4) is 11.5 Å². The van der Waals surface area contributed by atoms with Crippen LogP contribution in [0.1, 0.15) is 16.7 Å². The van der Waals surface area contributed by atoms with Crippen LogP contribution in [0.25, 0.3) is 0 Å². The fraction of sp³-hybridized carbons (Fsp3) is 0.333. The SMILES string of the molecule is COc1cc(CN[C@H](COCc2ccccc2)[C@@H](O)COCc2ccccc2)cc(OC)c1. The molecule has 3 aromatic carbocycles. The normalized spacial score (nSPS) is 12.8. The van der Waals surface area contributed by atoms with Crippen molar-refractivity contribution in [1.82, 2.24) is 5.32 Å². The summed E-state index contributed by atoms with van der Waals surface area (Å²) in [4.78, 5) is 0. The van der Waals surface area contributed by atoms with Crippen molar-refractivity contribution in [1.29, 1.82) is 0 Å². The van der Waals surface area contributed by atoms with Gasteiger partial charge in [-0.1, -0.05) is 60.7 Å². The minimum atomic E-state index is -0.739. The van der Waals surface area contributed by atoms with Gasteiger partial charge in [-0.15, -0.1) is 0 Å². The fourth-order valence-electron chi connectivity index (χ4n) is 3.39. The number of benzene rings is 3. The molecule has 0 fully saturated rings. The number of methoxy groups -OCH3 is 2. The summed E-state index contributed by atoms with van der Waals surface area (Å²) >= 11 is 0. The molecular formula is C27H33NO5. The third kappa shape index (κ3) is 8.51. The lowest BCUT2D eigenvalue weighted by Gasteiger charge is -2.24. The van der Waals surface area contributed by atoms with Gasteiger partial charge in [-0.25, -0.2) is 0 Å². The number of nitrogens with one attached hydrogen (secondary N) is 1. The Labute approximate surface area is 196 Å². The quantitative estimate of drug-likeness (QED) is 0.387. The highest BCUT2D eigenvalue weighted by Crippen LogP contribution is 2.22. The van der Waals surface area contributed by atoms with E-state index in [0.29, 0.717) is 26.4 Å². The van der Waals surface area contributed by atoms with Crippen LogP contribution in [0.5, 0.6) is 11.5 Å². The molecule has 2 N–H and O–H groups in total. The molecule has 0 radical (unpaired) electrons. The number of hydrogen-bond acceptors (Lipinski definition) is 6. The van der Waals surface area contributed by atoms with Gasteiger partial charge in [-0.05, 0) is 28.8 Å². The number of hydrogen-bond donors (Lipinski definition) is 2. The maximum atomic E-state index is 10.8. The second kappa shape index (κ2) is 13.6. The molecule has 0 aliphatic carbocycles. The summed E-state index contributed by atoms with van der Waals surface area (Å²) in [6.07, 6.45) is -0.739. The number of ether oxygens (including phenoxy) is 4. The van der Waals surface area contributed by atoms with E-state index in [1.54, 1.807) is 14.2 Å². The van der Waals surface area contributed by atoms with Crippen LogP contribution in [0.3, 0.4) is 0 Å². The molecular weight excluding hydrogens is 418 g/mol. The van der Waals surface area contributed by atoms with Gasteiger partial charge in [-0.3, -0.25) is 0 Å². The Kier molecular flexibility index (Phi) is 10.2. The molecule has 0 heterocycles. The van der Waals surface area contributed by atoms with E-state index in [0.717, 1.165) is 28.2 Å². The third-order valence-corrected chi connectivity index (χ3v) is 5.25. The summed E-state index contributed by atoms with van der Waals surface area (Å²) in [5.74, 6) is 1.43. The lowest BCUT2D eigenvalue weighted by molar-refractivity contribution is -0.0168. The van der Waals surface area contributed by atoms with Gasteiger partial charge in [0.05, 0.1) is 52.8 Å². The van der Waals surface area contributed by atoms with E-state index in [-0.39, 0.29) is 12.6 Å². The van der Waals surface area contributed by atoms with Gasteiger partial charge >= 0.3 is 0 Å². The van der Waals surface area contributed by atoms with E-state index >= 15 is 0 Å². The second-order valence-electron chi connectivity index (χ2n) is 7.78. The molecule has 0 aromatic heterocycles. The van der Waals surface area contributed by atoms with E-state index in [1.807, 2.05) is 78.9 Å². The molecule has 6 heteroatoms. The number of aliphatic hydroxyl groups is 1. The predicted octanol–water partition coefficient (Wildman–Crippen LogP) is 3.96. The Morgan fingerprint density at radius 3 is 1.73 bits per heavy atom. The van der Waals surface area contributed by atoms with Crippen LogP contribution in [0.15, 0.2) is 78.9 Å². The van der Waals surface area contributed by atoms with Crippen molar-refractivity contribution < 1.29 is 24.1 Å². The van der Waals surface area contributed by atoms with Crippen molar-refractivity contribution in [2.75, 3.05) is 27.4 Å². The van der Waals surface area contributed by atoms with E-state index in [2.05, 4.69) is 5.32 Å². The average Bonchev–Trinajstić information content (AvgIpc) is 2.87. The molecule has 0 unspecified atom stereocenters. The van der Waals surface area contributed by atoms with Gasteiger partial charge in [-0.2, -0.15) is 0 Å². The summed E-state index contributed by atoms with van der Waals surface area (Å²) in [5.41, 5.74) is 3.14. The van der Waals surface area contributed by atoms with E-state index < -0.39 is 6.10 Å². The first-order valence-corrected chi connectivity index (χ1v) is 11.0. The molecule has 176 valence electrons. The van der Waals surface area contributed by atoms with Crippen molar-refractivity contribution in [2.24, 2.45) is 0 Å². The first-order valence-electron chi connectivity index (χ1n) is 11.0. The summed E-state index contributed by atoms with van der Waals surface area (Å²) in [6, 6.07) is 25.3. The smallest absolute Gasteiger partial charge is 0.122 e. The number of aliphatic hydroxyl groups excluding tert-OH is 1. The van der Waals surface area contributed by atoms with E-state index in [9.17, 15) is 5.11 Å². The largest absolute Gasteiger partial charge is 0.497 e. The van der Waals surface area contributed by atoms with E-state index in [4.69, 9.17) is 18.9 Å². The summed E-state index contributed by atoms with van der Waals surface area (Å²) in [6.45, 7) is 1.98. The van der Waals surface area contributed by atoms with Gasteiger partial charge in [0, 0.05) is 12.6 Å². The monoisotopic (exact) mass is 451 g/mol. The van der Waals surface area contributed by atoms with Crippen LogP contribution in [0.4, 0.5) is 0 Å². The molecule has 33 heavy (non-hydrogen) atoms. The molecule has 6 nitrogen and oxygen atoms in total. The number of rotatable bonds is 14. The van der Waals surface area contributed by atoms with Gasteiger partial charge in [0.1, 0.15) is 11.5 Å². The molecule has 3 aromatic rings. The first-order chi connectivity index (χ1) is 16.2. The predicted molar refractivity (Wildman–Crippen MR) is 128 cm³/mol. The minimum Gasteiger partial charge on any atom is -0.497 e. The summed E-state index contributed by atoms with van der Waals surface area (Å²) in [5, 5.41) is 14.3. The van der Waals surface area contributed by atoms with Crippen molar-refractivity contribution >= 4 is 0 Å².